The van der Waals surface area contributed by atoms with E-state index < -0.39 is 8.72 Å². The van der Waals surface area contributed by atoms with Gasteiger partial charge in [0, 0.05) is 18.3 Å². The molecule has 0 heterocycles. The average Bonchev–Trinajstić information content (AvgIpc) is 2.18. The Hall–Kier alpha value is 0.0969. The van der Waals surface area contributed by atoms with Crippen molar-refractivity contribution >= 4 is 8.72 Å². The lowest BCUT2D eigenvalue weighted by Gasteiger charge is -2.46. The van der Waals surface area contributed by atoms with Gasteiger partial charge in [-0.2, -0.15) is 0 Å². The van der Waals surface area contributed by atoms with Gasteiger partial charge in [-0.25, -0.2) is 0 Å². The van der Waals surface area contributed by atoms with E-state index in [1.54, 1.807) is 0 Å². The third-order valence-corrected chi connectivity index (χ3v) is 7.53. The first-order chi connectivity index (χ1) is 7.39. The topological polar surface area (TPSA) is 21.7 Å². The highest BCUT2D eigenvalue weighted by atomic mass is 28.4. The molecule has 0 saturated heterocycles. The summed E-state index contributed by atoms with van der Waals surface area (Å²) in [5.41, 5.74) is 0. The van der Waals surface area contributed by atoms with Crippen LogP contribution in [0, 0.1) is 0 Å². The summed E-state index contributed by atoms with van der Waals surface area (Å²) in [7, 11) is -2.29. The van der Waals surface area contributed by atoms with E-state index in [1.807, 2.05) is 0 Å². The Balaban J connectivity index is 5.22. The van der Waals surface area contributed by atoms with Gasteiger partial charge in [-0.3, -0.25) is 4.57 Å². The molecular weight excluding hydrogens is 218 g/mol. The molecule has 0 spiro atoms. The van der Waals surface area contributed by atoms with Crippen LogP contribution in [0.25, 0.3) is 0 Å². The van der Waals surface area contributed by atoms with Gasteiger partial charge in [0.15, 0.2) is 0 Å². The van der Waals surface area contributed by atoms with Gasteiger partial charge < -0.3 is 8.85 Å². The largest absolute Gasteiger partial charge is 0.433 e. The molecule has 0 unspecified atom stereocenters. The Kier molecular flexibility index (Phi) is 6.78. The minimum atomic E-state index is -2.29. The Labute approximate surface area is 102 Å². The van der Waals surface area contributed by atoms with Crippen molar-refractivity contribution in [3.63, 3.8) is 0 Å². The van der Waals surface area contributed by atoms with E-state index in [-0.39, 0.29) is 5.04 Å². The van der Waals surface area contributed by atoms with Crippen LogP contribution in [0.15, 0.2) is 0 Å². The summed E-state index contributed by atoms with van der Waals surface area (Å²) < 4.78 is 14.6. The third kappa shape index (κ3) is 3.29. The molecular formula is C12H29NO2Si. The van der Waals surface area contributed by atoms with Gasteiger partial charge in [0.2, 0.25) is 0 Å². The minimum Gasteiger partial charge on any atom is -0.383 e. The fraction of sp³-hybridized carbons (Fsp3) is 1.00. The molecule has 0 N–H and O–H groups in total. The lowest BCUT2D eigenvalue weighted by Crippen LogP contribution is -2.64. The molecule has 0 aliphatic heterocycles. The van der Waals surface area contributed by atoms with E-state index >= 15 is 0 Å². The molecule has 3 nitrogen and oxygen atoms in total. The summed E-state index contributed by atoms with van der Waals surface area (Å²) in [6.45, 7) is 18.5. The zero-order valence-corrected chi connectivity index (χ0v) is 13.1. The van der Waals surface area contributed by atoms with Crippen molar-refractivity contribution in [2.45, 2.75) is 53.5 Å². The monoisotopic (exact) mass is 247 g/mol. The molecule has 16 heavy (non-hydrogen) atoms. The summed E-state index contributed by atoms with van der Waals surface area (Å²) in [5, 5.41) is 0.0606. The molecule has 0 atom stereocenters. The Bertz CT molecular complexity index is 182. The highest BCUT2D eigenvalue weighted by molar-refractivity contribution is 6.67. The Morgan fingerprint density at radius 1 is 0.875 bits per heavy atom. The SMILES string of the molecule is CCO[Si](OCC)(N(CC)CC)C(C)(C)C. The van der Waals surface area contributed by atoms with Gasteiger partial charge in [0.25, 0.3) is 0 Å². The lowest BCUT2D eigenvalue weighted by molar-refractivity contribution is 0.102. The molecule has 0 saturated carbocycles. The fourth-order valence-electron chi connectivity index (χ4n) is 2.16. The highest BCUT2D eigenvalue weighted by Crippen LogP contribution is 2.39. The molecule has 0 aromatic heterocycles. The zero-order chi connectivity index (χ0) is 12.8. The first kappa shape index (κ1) is 16.1. The molecule has 0 fully saturated rings. The van der Waals surface area contributed by atoms with Crippen LogP contribution < -0.4 is 0 Å². The molecule has 4 heteroatoms. The van der Waals surface area contributed by atoms with Crippen molar-refractivity contribution in [1.29, 1.82) is 0 Å². The van der Waals surface area contributed by atoms with Gasteiger partial charge in [0.05, 0.1) is 0 Å². The van der Waals surface area contributed by atoms with Crippen LogP contribution in [-0.2, 0) is 8.85 Å². The van der Waals surface area contributed by atoms with Crippen molar-refractivity contribution in [2.24, 2.45) is 0 Å². The smallest absolute Gasteiger partial charge is 0.383 e. The third-order valence-electron chi connectivity index (χ3n) is 2.81. The maximum atomic E-state index is 6.12. The van der Waals surface area contributed by atoms with Crippen LogP contribution in [-0.4, -0.2) is 39.6 Å². The van der Waals surface area contributed by atoms with Gasteiger partial charge in [-0.1, -0.05) is 34.6 Å². The van der Waals surface area contributed by atoms with Crippen molar-refractivity contribution < 1.29 is 8.85 Å². The summed E-state index contributed by atoms with van der Waals surface area (Å²) >= 11 is 0. The molecule has 0 aliphatic carbocycles. The molecule has 0 aromatic rings. The van der Waals surface area contributed by atoms with E-state index in [4.69, 9.17) is 8.85 Å². The summed E-state index contributed by atoms with van der Waals surface area (Å²) in [6.07, 6.45) is 0. The van der Waals surface area contributed by atoms with E-state index in [0.717, 1.165) is 26.3 Å². The number of hydrogen-bond donors (Lipinski definition) is 0. The quantitative estimate of drug-likeness (QED) is 0.645. The highest BCUT2D eigenvalue weighted by Gasteiger charge is 2.54. The van der Waals surface area contributed by atoms with Crippen molar-refractivity contribution in [3.8, 4) is 0 Å². The number of rotatable bonds is 7. The summed E-state index contributed by atoms with van der Waals surface area (Å²) in [5.74, 6) is 0. The van der Waals surface area contributed by atoms with E-state index in [0.29, 0.717) is 0 Å². The standard InChI is InChI=1S/C12H29NO2Si/c1-8-13(9-2)16(14-10-3,15-11-4)12(5,6)7/h8-11H2,1-7H3. The predicted octanol–water partition coefficient (Wildman–Crippen LogP) is 3.14. The van der Waals surface area contributed by atoms with Crippen molar-refractivity contribution in [1.82, 2.24) is 4.57 Å². The maximum Gasteiger partial charge on any atom is 0.433 e. The fourth-order valence-corrected chi connectivity index (χ4v) is 6.04. The van der Waals surface area contributed by atoms with E-state index in [2.05, 4.69) is 53.0 Å². The molecule has 0 radical (unpaired) electrons. The first-order valence-electron chi connectivity index (χ1n) is 6.42. The molecule has 0 bridgehead atoms. The lowest BCUT2D eigenvalue weighted by atomic mass is 10.3. The second-order valence-corrected chi connectivity index (χ2v) is 8.74. The van der Waals surface area contributed by atoms with E-state index in [9.17, 15) is 0 Å². The van der Waals surface area contributed by atoms with E-state index in [1.165, 1.54) is 0 Å². The average molecular weight is 247 g/mol. The molecule has 0 rings (SSSR count). The van der Waals surface area contributed by atoms with Gasteiger partial charge in [-0.05, 0) is 26.9 Å². The Morgan fingerprint density at radius 2 is 1.25 bits per heavy atom. The van der Waals surface area contributed by atoms with Crippen LogP contribution in [0.5, 0.6) is 0 Å². The Morgan fingerprint density at radius 3 is 1.44 bits per heavy atom. The number of hydrogen-bond acceptors (Lipinski definition) is 3. The van der Waals surface area contributed by atoms with Crippen LogP contribution in [0.2, 0.25) is 5.04 Å². The first-order valence-corrected chi connectivity index (χ1v) is 8.18. The number of nitrogens with zero attached hydrogens (tertiary/aromatic N) is 1. The van der Waals surface area contributed by atoms with Gasteiger partial charge >= 0.3 is 8.72 Å². The second-order valence-electron chi connectivity index (χ2n) is 4.87. The van der Waals surface area contributed by atoms with Crippen molar-refractivity contribution in [2.75, 3.05) is 26.3 Å². The predicted molar refractivity (Wildman–Crippen MR) is 71.6 cm³/mol. The zero-order valence-electron chi connectivity index (χ0n) is 12.1. The summed E-state index contributed by atoms with van der Waals surface area (Å²) in [4.78, 5) is 0. The maximum absolute atomic E-state index is 6.12. The van der Waals surface area contributed by atoms with Crippen LogP contribution >= 0.6 is 0 Å². The molecule has 0 aromatic carbocycles. The minimum absolute atomic E-state index is 0.0606. The van der Waals surface area contributed by atoms with Crippen LogP contribution in [0.1, 0.15) is 48.5 Å². The van der Waals surface area contributed by atoms with Gasteiger partial charge in [0.1, 0.15) is 0 Å². The molecule has 0 aliphatic rings. The molecule has 98 valence electrons. The second kappa shape index (κ2) is 6.74. The molecule has 0 amide bonds. The summed E-state index contributed by atoms with van der Waals surface area (Å²) in [6, 6.07) is 0. The van der Waals surface area contributed by atoms with Crippen LogP contribution in [0.3, 0.4) is 0 Å². The van der Waals surface area contributed by atoms with Crippen LogP contribution in [0.4, 0.5) is 0 Å². The normalized spacial score (nSPS) is 13.5. The van der Waals surface area contributed by atoms with Crippen molar-refractivity contribution in [3.05, 3.63) is 0 Å². The van der Waals surface area contributed by atoms with Gasteiger partial charge in [-0.15, -0.1) is 0 Å².